The number of nitrogens with zero attached hydrogens (tertiary/aromatic N) is 2. The zero-order valence-electron chi connectivity index (χ0n) is 13.7. The Hall–Kier alpha value is -1.79. The maximum Gasteiger partial charge on any atom is 0.229 e. The lowest BCUT2D eigenvalue weighted by Gasteiger charge is -2.38. The number of thiazole rings is 1. The largest absolute Gasteiger partial charge is 0.381 e. The minimum atomic E-state index is -0.485. The van der Waals surface area contributed by atoms with E-state index in [1.54, 1.807) is 22.5 Å². The summed E-state index contributed by atoms with van der Waals surface area (Å²) in [5, 5.41) is 1.96. The lowest BCUT2D eigenvalue weighted by molar-refractivity contribution is -0.147. The molecule has 1 saturated heterocycles. The Morgan fingerprint density at radius 2 is 2.04 bits per heavy atom. The third-order valence-electron chi connectivity index (χ3n) is 4.59. The molecule has 0 unspecified atom stereocenters. The fraction of sp³-hybridized carbons (Fsp3) is 0.444. The highest BCUT2D eigenvalue weighted by atomic mass is 32.1. The summed E-state index contributed by atoms with van der Waals surface area (Å²) in [6.45, 7) is 1.67. The summed E-state index contributed by atoms with van der Waals surface area (Å²) in [4.78, 5) is 19.2. The monoisotopic (exact) mass is 348 g/mol. The minimum Gasteiger partial charge on any atom is -0.381 e. The number of benzene rings is 1. The normalized spacial score (nSPS) is 16.8. The van der Waals surface area contributed by atoms with E-state index in [2.05, 4.69) is 4.98 Å². The number of halogens is 1. The summed E-state index contributed by atoms with van der Waals surface area (Å²) in [6.07, 6.45) is 1.98. The van der Waals surface area contributed by atoms with Crippen molar-refractivity contribution in [3.8, 4) is 0 Å². The summed E-state index contributed by atoms with van der Waals surface area (Å²) in [5.41, 5.74) is 3.17. The van der Waals surface area contributed by atoms with Gasteiger partial charge in [0.15, 0.2) is 0 Å². The van der Waals surface area contributed by atoms with Gasteiger partial charge < -0.3 is 9.64 Å². The van der Waals surface area contributed by atoms with Gasteiger partial charge in [0.1, 0.15) is 5.82 Å². The summed E-state index contributed by atoms with van der Waals surface area (Å²) < 4.78 is 18.6. The Morgan fingerprint density at radius 3 is 2.67 bits per heavy atom. The lowest BCUT2D eigenvalue weighted by atomic mass is 9.74. The molecule has 4 nitrogen and oxygen atoms in total. The predicted octanol–water partition coefficient (Wildman–Crippen LogP) is 3.28. The van der Waals surface area contributed by atoms with Crippen LogP contribution in [0.25, 0.3) is 0 Å². The van der Waals surface area contributed by atoms with E-state index >= 15 is 0 Å². The van der Waals surface area contributed by atoms with E-state index < -0.39 is 5.41 Å². The van der Waals surface area contributed by atoms with Gasteiger partial charge in [0.05, 0.1) is 23.2 Å². The smallest absolute Gasteiger partial charge is 0.229 e. The molecule has 2 heterocycles. The zero-order valence-corrected chi connectivity index (χ0v) is 14.5. The second-order valence-electron chi connectivity index (χ2n) is 6.34. The van der Waals surface area contributed by atoms with Crippen molar-refractivity contribution >= 4 is 17.2 Å². The van der Waals surface area contributed by atoms with Gasteiger partial charge in [0, 0.05) is 25.6 Å². The maximum atomic E-state index is 13.2. The number of carbonyl (C=O) groups excluding carboxylic acids is 1. The first-order valence-electron chi connectivity index (χ1n) is 8.04. The van der Waals surface area contributed by atoms with Crippen LogP contribution < -0.4 is 0 Å². The van der Waals surface area contributed by atoms with E-state index in [0.29, 0.717) is 39.0 Å². The third-order valence-corrected chi connectivity index (χ3v) is 5.22. The van der Waals surface area contributed by atoms with Gasteiger partial charge in [-0.3, -0.25) is 4.79 Å². The molecule has 1 aliphatic heterocycles. The molecular formula is C18H21FN2O2S. The van der Waals surface area contributed by atoms with Crippen molar-refractivity contribution in [3.05, 3.63) is 52.2 Å². The first-order chi connectivity index (χ1) is 11.6. The van der Waals surface area contributed by atoms with E-state index in [1.165, 1.54) is 23.5 Å². The predicted molar refractivity (Wildman–Crippen MR) is 91.2 cm³/mol. The molecule has 0 spiro atoms. The Kier molecular flexibility index (Phi) is 5.26. The van der Waals surface area contributed by atoms with Crippen molar-refractivity contribution in [1.82, 2.24) is 9.88 Å². The van der Waals surface area contributed by atoms with Crippen LogP contribution in [0.15, 0.2) is 35.2 Å². The molecule has 0 N–H and O–H groups in total. The molecule has 0 radical (unpaired) electrons. The molecule has 3 rings (SSSR count). The second-order valence-corrected chi connectivity index (χ2v) is 7.06. The quantitative estimate of drug-likeness (QED) is 0.833. The van der Waals surface area contributed by atoms with Gasteiger partial charge in [-0.2, -0.15) is 0 Å². The SMILES string of the molecule is CN(Cc1cscn1)C(=O)C1(Cc2ccc(F)cc2)CCOCC1. The topological polar surface area (TPSA) is 42.4 Å². The fourth-order valence-electron chi connectivity index (χ4n) is 3.26. The second kappa shape index (κ2) is 7.40. The van der Waals surface area contributed by atoms with Crippen molar-refractivity contribution in [3.63, 3.8) is 0 Å². The Bertz CT molecular complexity index is 667. The highest BCUT2D eigenvalue weighted by Gasteiger charge is 2.41. The van der Waals surface area contributed by atoms with Crippen molar-refractivity contribution in [1.29, 1.82) is 0 Å². The van der Waals surface area contributed by atoms with Crippen LogP contribution in [0.2, 0.25) is 0 Å². The molecule has 2 aromatic rings. The maximum absolute atomic E-state index is 13.2. The Balaban J connectivity index is 1.79. The van der Waals surface area contributed by atoms with Crippen molar-refractivity contribution < 1.29 is 13.9 Å². The van der Waals surface area contributed by atoms with Gasteiger partial charge in [-0.15, -0.1) is 11.3 Å². The van der Waals surface area contributed by atoms with Crippen LogP contribution in [0.4, 0.5) is 4.39 Å². The van der Waals surface area contributed by atoms with E-state index in [0.717, 1.165) is 11.3 Å². The number of rotatable bonds is 5. The van der Waals surface area contributed by atoms with Crippen LogP contribution in [-0.4, -0.2) is 36.1 Å². The molecular weight excluding hydrogens is 327 g/mol. The number of amides is 1. The summed E-state index contributed by atoms with van der Waals surface area (Å²) >= 11 is 1.53. The Labute approximate surface area is 145 Å². The molecule has 0 bridgehead atoms. The summed E-state index contributed by atoms with van der Waals surface area (Å²) in [7, 11) is 1.82. The minimum absolute atomic E-state index is 0.114. The zero-order chi connectivity index (χ0) is 17.0. The molecule has 1 fully saturated rings. The molecule has 0 aliphatic carbocycles. The molecule has 1 aliphatic rings. The van der Waals surface area contributed by atoms with Gasteiger partial charge >= 0.3 is 0 Å². The first-order valence-corrected chi connectivity index (χ1v) is 8.98. The van der Waals surface area contributed by atoms with Crippen LogP contribution >= 0.6 is 11.3 Å². The van der Waals surface area contributed by atoms with Crippen LogP contribution in [0.5, 0.6) is 0 Å². The highest BCUT2D eigenvalue weighted by molar-refractivity contribution is 7.07. The van der Waals surface area contributed by atoms with Crippen molar-refractivity contribution in [2.75, 3.05) is 20.3 Å². The number of aromatic nitrogens is 1. The first kappa shape index (κ1) is 17.0. The van der Waals surface area contributed by atoms with Crippen molar-refractivity contribution in [2.24, 2.45) is 5.41 Å². The molecule has 24 heavy (non-hydrogen) atoms. The van der Waals surface area contributed by atoms with Gasteiger partial charge in [-0.05, 0) is 37.0 Å². The summed E-state index contributed by atoms with van der Waals surface area (Å²) in [5.74, 6) is -0.144. The van der Waals surface area contributed by atoms with Crippen LogP contribution in [-0.2, 0) is 22.5 Å². The molecule has 1 aromatic heterocycles. The van der Waals surface area contributed by atoms with Gasteiger partial charge in [0.25, 0.3) is 0 Å². The molecule has 1 aromatic carbocycles. The average molecular weight is 348 g/mol. The fourth-order valence-corrected chi connectivity index (χ4v) is 3.81. The molecule has 6 heteroatoms. The van der Waals surface area contributed by atoms with E-state index in [9.17, 15) is 9.18 Å². The standard InChI is InChI=1S/C18H21FN2O2S/c1-21(11-16-12-24-13-20-16)17(22)18(6-8-23-9-7-18)10-14-2-4-15(19)5-3-14/h2-5,12-13H,6-11H2,1H3. The highest BCUT2D eigenvalue weighted by Crippen LogP contribution is 2.36. The molecule has 0 atom stereocenters. The van der Waals surface area contributed by atoms with Gasteiger partial charge in [-0.1, -0.05) is 12.1 Å². The Morgan fingerprint density at radius 1 is 1.33 bits per heavy atom. The van der Waals surface area contributed by atoms with Crippen molar-refractivity contribution in [2.45, 2.75) is 25.8 Å². The van der Waals surface area contributed by atoms with E-state index in [-0.39, 0.29) is 11.7 Å². The number of carbonyl (C=O) groups is 1. The van der Waals surface area contributed by atoms with Gasteiger partial charge in [0.2, 0.25) is 5.91 Å². The lowest BCUT2D eigenvalue weighted by Crippen LogP contribution is -2.46. The van der Waals surface area contributed by atoms with Gasteiger partial charge in [-0.25, -0.2) is 9.37 Å². The van der Waals surface area contributed by atoms with Crippen LogP contribution in [0.3, 0.4) is 0 Å². The van der Waals surface area contributed by atoms with E-state index in [4.69, 9.17) is 4.74 Å². The molecule has 0 saturated carbocycles. The third kappa shape index (κ3) is 3.82. The molecule has 1 amide bonds. The average Bonchev–Trinajstić information content (AvgIpc) is 3.10. The number of hydrogen-bond donors (Lipinski definition) is 0. The molecule has 128 valence electrons. The van der Waals surface area contributed by atoms with E-state index in [1.807, 2.05) is 12.4 Å². The number of hydrogen-bond acceptors (Lipinski definition) is 4. The van der Waals surface area contributed by atoms with Crippen LogP contribution in [0, 0.1) is 11.2 Å². The van der Waals surface area contributed by atoms with Crippen LogP contribution in [0.1, 0.15) is 24.1 Å². The summed E-state index contributed by atoms with van der Waals surface area (Å²) in [6, 6.07) is 6.43. The number of ether oxygens (including phenoxy) is 1.